The number of fused-ring (bicyclic) bond motifs is 1. The largest absolute Gasteiger partial charge is 0.478 e. The predicted molar refractivity (Wildman–Crippen MR) is 112 cm³/mol. The van der Waals surface area contributed by atoms with Crippen LogP contribution in [0, 0.1) is 0 Å². The topological polar surface area (TPSA) is 103 Å². The van der Waals surface area contributed by atoms with Crippen LogP contribution in [0.4, 0.5) is 0 Å². The molecular formula is C23H16O7S. The molecule has 0 saturated carbocycles. The van der Waals surface area contributed by atoms with Crippen LogP contribution in [0.25, 0.3) is 11.0 Å². The van der Waals surface area contributed by atoms with Crippen LogP contribution in [0.5, 0.6) is 5.06 Å². The number of carbonyl (C=O) groups excluding carboxylic acids is 2. The Kier molecular flexibility index (Phi) is 5.81. The Labute approximate surface area is 180 Å². The molecule has 0 saturated heterocycles. The SMILES string of the molecule is O=C(Cc1csc(OC(=O)c2cc3ccccc3o2)c1C(=O)O)OCc1ccccc1. The summed E-state index contributed by atoms with van der Waals surface area (Å²) < 4.78 is 15.9. The van der Waals surface area contributed by atoms with Crippen LogP contribution in [0.3, 0.4) is 0 Å². The van der Waals surface area contributed by atoms with Crippen LogP contribution in [-0.2, 0) is 22.6 Å². The summed E-state index contributed by atoms with van der Waals surface area (Å²) in [6.07, 6.45) is -0.257. The molecule has 0 radical (unpaired) electrons. The van der Waals surface area contributed by atoms with E-state index in [0.29, 0.717) is 5.58 Å². The van der Waals surface area contributed by atoms with Gasteiger partial charge in [0, 0.05) is 5.39 Å². The van der Waals surface area contributed by atoms with Crippen molar-refractivity contribution in [2.24, 2.45) is 0 Å². The van der Waals surface area contributed by atoms with E-state index in [0.717, 1.165) is 22.3 Å². The number of hydrogen-bond acceptors (Lipinski definition) is 7. The highest BCUT2D eigenvalue weighted by atomic mass is 32.1. The smallest absolute Gasteiger partial charge is 0.380 e. The van der Waals surface area contributed by atoms with Gasteiger partial charge in [-0.3, -0.25) is 4.79 Å². The maximum absolute atomic E-state index is 12.5. The summed E-state index contributed by atoms with van der Waals surface area (Å²) in [5.74, 6) is -2.76. The Morgan fingerprint density at radius 3 is 2.48 bits per heavy atom. The molecule has 0 unspecified atom stereocenters. The molecular weight excluding hydrogens is 420 g/mol. The third kappa shape index (κ3) is 4.65. The number of thiophene rings is 1. The van der Waals surface area contributed by atoms with Crippen LogP contribution < -0.4 is 4.74 Å². The summed E-state index contributed by atoms with van der Waals surface area (Å²) in [6.45, 7) is 0.0834. The molecule has 0 spiro atoms. The molecule has 0 aliphatic heterocycles. The van der Waals surface area contributed by atoms with E-state index in [2.05, 4.69) is 0 Å². The van der Waals surface area contributed by atoms with Crippen LogP contribution in [0.2, 0.25) is 0 Å². The fourth-order valence-electron chi connectivity index (χ4n) is 2.96. The summed E-state index contributed by atoms with van der Waals surface area (Å²) in [7, 11) is 0. The number of carboxylic acid groups (broad SMARTS) is 1. The number of aromatic carboxylic acids is 1. The quantitative estimate of drug-likeness (QED) is 0.419. The van der Waals surface area contributed by atoms with Crippen LogP contribution >= 0.6 is 11.3 Å². The van der Waals surface area contributed by atoms with E-state index in [9.17, 15) is 19.5 Å². The first-order chi connectivity index (χ1) is 15.0. The number of furan rings is 1. The van der Waals surface area contributed by atoms with Gasteiger partial charge in [-0.25, -0.2) is 9.59 Å². The number of ether oxygens (including phenoxy) is 2. The monoisotopic (exact) mass is 436 g/mol. The third-order valence-corrected chi connectivity index (χ3v) is 5.34. The zero-order chi connectivity index (χ0) is 21.8. The van der Waals surface area contributed by atoms with Crippen molar-refractivity contribution in [3.8, 4) is 5.06 Å². The van der Waals surface area contributed by atoms with Gasteiger partial charge >= 0.3 is 17.9 Å². The Balaban J connectivity index is 1.47. The van der Waals surface area contributed by atoms with E-state index in [4.69, 9.17) is 13.9 Å². The average molecular weight is 436 g/mol. The second kappa shape index (κ2) is 8.85. The fraction of sp³-hybridized carbons (Fsp3) is 0.0870. The first kappa shape index (κ1) is 20.4. The second-order valence-electron chi connectivity index (χ2n) is 6.59. The number of rotatable bonds is 7. The minimum absolute atomic E-state index is 0.0465. The van der Waals surface area contributed by atoms with E-state index < -0.39 is 17.9 Å². The Hall–Kier alpha value is -3.91. The number of hydrogen-bond donors (Lipinski definition) is 1. The van der Waals surface area contributed by atoms with Crippen LogP contribution in [0.1, 0.15) is 32.0 Å². The van der Waals surface area contributed by atoms with Gasteiger partial charge in [-0.1, -0.05) is 48.5 Å². The van der Waals surface area contributed by atoms with Crippen LogP contribution in [-0.4, -0.2) is 23.0 Å². The first-order valence-corrected chi connectivity index (χ1v) is 10.1. The predicted octanol–water partition coefficient (Wildman–Crippen LogP) is 4.70. The van der Waals surface area contributed by atoms with Crippen molar-refractivity contribution < 1.29 is 33.4 Å². The van der Waals surface area contributed by atoms with Gasteiger partial charge in [0.2, 0.25) is 5.76 Å². The molecule has 0 amide bonds. The standard InChI is InChI=1S/C23H16O7S/c24-19(28-12-14-6-2-1-3-7-14)11-16-13-31-23(20(16)21(25)26)30-22(27)18-10-15-8-4-5-9-17(15)29-18/h1-10,13H,11-12H2,(H,25,26). The van der Waals surface area contributed by atoms with E-state index in [-0.39, 0.29) is 35.0 Å². The Morgan fingerprint density at radius 2 is 1.74 bits per heavy atom. The minimum Gasteiger partial charge on any atom is -0.478 e. The lowest BCUT2D eigenvalue weighted by Crippen LogP contribution is -2.12. The van der Waals surface area contributed by atoms with Crippen molar-refractivity contribution in [3.63, 3.8) is 0 Å². The van der Waals surface area contributed by atoms with E-state index in [1.165, 1.54) is 11.4 Å². The zero-order valence-corrected chi connectivity index (χ0v) is 16.9. The highest BCUT2D eigenvalue weighted by Gasteiger charge is 2.25. The molecule has 0 aliphatic carbocycles. The molecule has 8 heteroatoms. The summed E-state index contributed by atoms with van der Waals surface area (Å²) >= 11 is 0.918. The van der Waals surface area contributed by atoms with E-state index >= 15 is 0 Å². The van der Waals surface area contributed by atoms with Crippen molar-refractivity contribution in [2.75, 3.05) is 0 Å². The van der Waals surface area contributed by atoms with Gasteiger partial charge in [0.25, 0.3) is 0 Å². The molecule has 7 nitrogen and oxygen atoms in total. The molecule has 1 N–H and O–H groups in total. The molecule has 4 rings (SSSR count). The lowest BCUT2D eigenvalue weighted by Gasteiger charge is -2.06. The normalized spacial score (nSPS) is 10.7. The summed E-state index contributed by atoms with van der Waals surface area (Å²) in [5.41, 5.74) is 1.30. The summed E-state index contributed by atoms with van der Waals surface area (Å²) in [4.78, 5) is 36.4. The molecule has 2 aromatic carbocycles. The third-order valence-electron chi connectivity index (χ3n) is 4.44. The molecule has 31 heavy (non-hydrogen) atoms. The van der Waals surface area contributed by atoms with Crippen molar-refractivity contribution in [3.05, 3.63) is 88.5 Å². The molecule has 0 aliphatic rings. The van der Waals surface area contributed by atoms with E-state index in [1.54, 1.807) is 24.3 Å². The highest BCUT2D eigenvalue weighted by Crippen LogP contribution is 2.32. The molecule has 4 aromatic rings. The van der Waals surface area contributed by atoms with Gasteiger partial charge in [-0.2, -0.15) is 0 Å². The van der Waals surface area contributed by atoms with Gasteiger partial charge in [0.15, 0.2) is 5.06 Å². The van der Waals surface area contributed by atoms with Crippen LogP contribution in [0.15, 0.2) is 70.5 Å². The number of carbonyl (C=O) groups is 3. The molecule has 0 bridgehead atoms. The first-order valence-electron chi connectivity index (χ1n) is 9.25. The lowest BCUT2D eigenvalue weighted by molar-refractivity contribution is -0.144. The van der Waals surface area contributed by atoms with Gasteiger partial charge in [-0.05, 0) is 28.6 Å². The van der Waals surface area contributed by atoms with Gasteiger partial charge in [-0.15, -0.1) is 11.3 Å². The summed E-state index contributed by atoms with van der Waals surface area (Å²) in [6, 6.07) is 17.7. The average Bonchev–Trinajstić information content (AvgIpc) is 3.37. The van der Waals surface area contributed by atoms with Crippen molar-refractivity contribution in [1.29, 1.82) is 0 Å². The number of carboxylic acids is 1. The molecule has 2 heterocycles. The fourth-order valence-corrected chi connectivity index (χ4v) is 3.88. The van der Waals surface area contributed by atoms with Crippen molar-refractivity contribution >= 4 is 40.2 Å². The maximum atomic E-state index is 12.5. The molecule has 156 valence electrons. The Morgan fingerprint density at radius 1 is 1.00 bits per heavy atom. The second-order valence-corrected chi connectivity index (χ2v) is 7.43. The van der Waals surface area contributed by atoms with Gasteiger partial charge < -0.3 is 19.0 Å². The molecule has 0 atom stereocenters. The highest BCUT2D eigenvalue weighted by molar-refractivity contribution is 7.12. The number of para-hydroxylation sites is 1. The van der Waals surface area contributed by atoms with E-state index in [1.807, 2.05) is 30.3 Å². The lowest BCUT2D eigenvalue weighted by atomic mass is 10.1. The molecule has 0 fully saturated rings. The minimum atomic E-state index is -1.31. The Bertz CT molecular complexity index is 1220. The van der Waals surface area contributed by atoms with Crippen molar-refractivity contribution in [2.45, 2.75) is 13.0 Å². The summed E-state index contributed by atoms with van der Waals surface area (Å²) in [5, 5.41) is 11.7. The number of esters is 2. The number of benzene rings is 2. The van der Waals surface area contributed by atoms with Crippen molar-refractivity contribution in [1.82, 2.24) is 0 Å². The maximum Gasteiger partial charge on any atom is 0.380 e. The molecule has 2 aromatic heterocycles. The van der Waals surface area contributed by atoms with Gasteiger partial charge in [0.05, 0.1) is 6.42 Å². The zero-order valence-electron chi connectivity index (χ0n) is 16.1. The van der Waals surface area contributed by atoms with Gasteiger partial charge in [0.1, 0.15) is 17.8 Å².